The smallest absolute Gasteiger partial charge is 0.414 e. The van der Waals surface area contributed by atoms with Gasteiger partial charge in [-0.25, -0.2) is 14.8 Å². The lowest BCUT2D eigenvalue weighted by Crippen LogP contribution is -2.19. The summed E-state index contributed by atoms with van der Waals surface area (Å²) in [7, 11) is 0. The molecule has 1 rings (SSSR count). The van der Waals surface area contributed by atoms with Crippen LogP contribution in [-0.4, -0.2) is 22.2 Å². The lowest BCUT2D eigenvalue weighted by Gasteiger charge is -2.07. The minimum Gasteiger partial charge on any atom is -0.447 e. The second-order valence-corrected chi connectivity index (χ2v) is 2.65. The molecule has 70 valence electrons. The SMILES string of the molecule is CC(C)OC(=O)Nc1ncccn1. The van der Waals surface area contributed by atoms with Crippen molar-refractivity contribution in [1.29, 1.82) is 0 Å². The molecule has 0 atom stereocenters. The molecule has 1 heterocycles. The monoisotopic (exact) mass is 181 g/mol. The van der Waals surface area contributed by atoms with E-state index >= 15 is 0 Å². The molecule has 0 aliphatic carbocycles. The molecule has 5 heteroatoms. The molecule has 0 aromatic carbocycles. The Morgan fingerprint density at radius 3 is 2.62 bits per heavy atom. The van der Waals surface area contributed by atoms with Crippen LogP contribution in [0.4, 0.5) is 10.7 Å². The van der Waals surface area contributed by atoms with Crippen LogP contribution in [0.15, 0.2) is 18.5 Å². The van der Waals surface area contributed by atoms with E-state index in [4.69, 9.17) is 4.74 Å². The molecule has 0 saturated heterocycles. The molecule has 13 heavy (non-hydrogen) atoms. The number of carbonyl (C=O) groups excluding carboxylic acids is 1. The summed E-state index contributed by atoms with van der Waals surface area (Å²) in [6.45, 7) is 3.54. The van der Waals surface area contributed by atoms with Gasteiger partial charge in [-0.2, -0.15) is 0 Å². The van der Waals surface area contributed by atoms with Crippen LogP contribution in [0.1, 0.15) is 13.8 Å². The van der Waals surface area contributed by atoms with Crippen molar-refractivity contribution in [3.05, 3.63) is 18.5 Å². The average Bonchev–Trinajstić information content (AvgIpc) is 2.04. The van der Waals surface area contributed by atoms with E-state index in [1.165, 1.54) is 12.4 Å². The third kappa shape index (κ3) is 3.50. The molecule has 1 aromatic rings. The summed E-state index contributed by atoms with van der Waals surface area (Å²) in [5, 5.41) is 2.39. The molecule has 0 aliphatic rings. The first-order chi connectivity index (χ1) is 6.18. The van der Waals surface area contributed by atoms with Gasteiger partial charge in [0, 0.05) is 12.4 Å². The first-order valence-corrected chi connectivity index (χ1v) is 3.93. The molecule has 0 saturated carbocycles. The Kier molecular flexibility index (Phi) is 3.19. The fourth-order valence-electron chi connectivity index (χ4n) is 0.698. The molecule has 0 bridgehead atoms. The van der Waals surface area contributed by atoms with E-state index < -0.39 is 6.09 Å². The Labute approximate surface area is 76.2 Å². The maximum absolute atomic E-state index is 11.0. The number of amides is 1. The van der Waals surface area contributed by atoms with E-state index in [0.717, 1.165) is 0 Å². The first-order valence-electron chi connectivity index (χ1n) is 3.93. The van der Waals surface area contributed by atoms with Gasteiger partial charge in [-0.3, -0.25) is 5.32 Å². The van der Waals surface area contributed by atoms with Crippen molar-refractivity contribution >= 4 is 12.0 Å². The lowest BCUT2D eigenvalue weighted by atomic mass is 10.5. The first kappa shape index (κ1) is 9.44. The van der Waals surface area contributed by atoms with Crippen LogP contribution in [-0.2, 0) is 4.74 Å². The van der Waals surface area contributed by atoms with Crippen molar-refractivity contribution in [2.24, 2.45) is 0 Å². The number of rotatable bonds is 2. The molecular weight excluding hydrogens is 170 g/mol. The van der Waals surface area contributed by atoms with Gasteiger partial charge in [0.2, 0.25) is 5.95 Å². The van der Waals surface area contributed by atoms with Crippen LogP contribution in [0.3, 0.4) is 0 Å². The third-order valence-corrected chi connectivity index (χ3v) is 1.12. The molecule has 0 unspecified atom stereocenters. The number of hydrogen-bond acceptors (Lipinski definition) is 4. The number of anilines is 1. The Morgan fingerprint density at radius 2 is 2.08 bits per heavy atom. The van der Waals surface area contributed by atoms with Crippen LogP contribution in [0, 0.1) is 0 Å². The van der Waals surface area contributed by atoms with Gasteiger partial charge >= 0.3 is 6.09 Å². The van der Waals surface area contributed by atoms with Crippen LogP contribution < -0.4 is 5.32 Å². The van der Waals surface area contributed by atoms with Crippen molar-refractivity contribution < 1.29 is 9.53 Å². The normalized spacial score (nSPS) is 9.77. The highest BCUT2D eigenvalue weighted by atomic mass is 16.6. The van der Waals surface area contributed by atoms with E-state index in [1.807, 2.05) is 0 Å². The van der Waals surface area contributed by atoms with Crippen molar-refractivity contribution in [2.45, 2.75) is 20.0 Å². The molecular formula is C8H11N3O2. The molecule has 0 fully saturated rings. The Bertz CT molecular complexity index is 274. The van der Waals surface area contributed by atoms with E-state index in [0.29, 0.717) is 0 Å². The minimum absolute atomic E-state index is 0.149. The van der Waals surface area contributed by atoms with Gasteiger partial charge in [-0.05, 0) is 19.9 Å². The van der Waals surface area contributed by atoms with Gasteiger partial charge < -0.3 is 4.74 Å². The summed E-state index contributed by atoms with van der Waals surface area (Å²) >= 11 is 0. The van der Waals surface area contributed by atoms with Crippen LogP contribution in [0.5, 0.6) is 0 Å². The van der Waals surface area contributed by atoms with Crippen LogP contribution in [0.2, 0.25) is 0 Å². The van der Waals surface area contributed by atoms with Crippen LogP contribution >= 0.6 is 0 Å². The zero-order chi connectivity index (χ0) is 9.68. The van der Waals surface area contributed by atoms with Crippen molar-refractivity contribution in [2.75, 3.05) is 5.32 Å². The maximum atomic E-state index is 11.0. The van der Waals surface area contributed by atoms with Gasteiger partial charge in [-0.1, -0.05) is 0 Å². The zero-order valence-corrected chi connectivity index (χ0v) is 7.52. The highest BCUT2D eigenvalue weighted by Gasteiger charge is 2.05. The summed E-state index contributed by atoms with van der Waals surface area (Å²) < 4.78 is 4.82. The van der Waals surface area contributed by atoms with Gasteiger partial charge in [-0.15, -0.1) is 0 Å². The molecule has 0 radical (unpaired) electrons. The zero-order valence-electron chi connectivity index (χ0n) is 7.52. The van der Waals surface area contributed by atoms with Crippen molar-refractivity contribution in [3.8, 4) is 0 Å². The number of nitrogens with zero attached hydrogens (tertiary/aromatic N) is 2. The number of nitrogens with one attached hydrogen (secondary N) is 1. The molecule has 1 N–H and O–H groups in total. The summed E-state index contributed by atoms with van der Waals surface area (Å²) in [6, 6.07) is 1.67. The molecule has 0 aliphatic heterocycles. The molecule has 5 nitrogen and oxygen atoms in total. The van der Waals surface area contributed by atoms with E-state index in [-0.39, 0.29) is 12.1 Å². The van der Waals surface area contributed by atoms with Crippen molar-refractivity contribution in [3.63, 3.8) is 0 Å². The lowest BCUT2D eigenvalue weighted by molar-refractivity contribution is 0.129. The second-order valence-electron chi connectivity index (χ2n) is 2.65. The fourth-order valence-corrected chi connectivity index (χ4v) is 0.698. The predicted octanol–water partition coefficient (Wildman–Crippen LogP) is 1.43. The summed E-state index contributed by atoms with van der Waals surface area (Å²) in [5.41, 5.74) is 0. The highest BCUT2D eigenvalue weighted by molar-refractivity contribution is 5.82. The molecule has 1 aromatic heterocycles. The van der Waals surface area contributed by atoms with Gasteiger partial charge in [0.1, 0.15) is 0 Å². The topological polar surface area (TPSA) is 64.1 Å². The molecule has 1 amide bonds. The summed E-state index contributed by atoms with van der Waals surface area (Å²) in [4.78, 5) is 18.6. The largest absolute Gasteiger partial charge is 0.447 e. The van der Waals surface area contributed by atoms with E-state index in [9.17, 15) is 4.79 Å². The fraction of sp³-hybridized carbons (Fsp3) is 0.375. The van der Waals surface area contributed by atoms with Gasteiger partial charge in [0.15, 0.2) is 0 Å². The Morgan fingerprint density at radius 1 is 1.46 bits per heavy atom. The number of hydrogen-bond donors (Lipinski definition) is 1. The second kappa shape index (κ2) is 4.39. The predicted molar refractivity (Wildman–Crippen MR) is 47.3 cm³/mol. The number of ether oxygens (including phenoxy) is 1. The standard InChI is InChI=1S/C8H11N3O2/c1-6(2)13-8(12)11-7-9-4-3-5-10-7/h3-6H,1-2H3,(H,9,10,11,12). The molecule has 0 spiro atoms. The minimum atomic E-state index is -0.541. The number of carbonyl (C=O) groups is 1. The third-order valence-electron chi connectivity index (χ3n) is 1.12. The van der Waals surface area contributed by atoms with E-state index in [1.54, 1.807) is 19.9 Å². The van der Waals surface area contributed by atoms with E-state index in [2.05, 4.69) is 15.3 Å². The van der Waals surface area contributed by atoms with Crippen molar-refractivity contribution in [1.82, 2.24) is 9.97 Å². The summed E-state index contributed by atoms with van der Waals surface area (Å²) in [5.74, 6) is 0.244. The summed E-state index contributed by atoms with van der Waals surface area (Å²) in [6.07, 6.45) is 2.39. The highest BCUT2D eigenvalue weighted by Crippen LogP contribution is 1.97. The Hall–Kier alpha value is -1.65. The maximum Gasteiger partial charge on any atom is 0.414 e. The Balaban J connectivity index is 2.46. The van der Waals surface area contributed by atoms with Gasteiger partial charge in [0.05, 0.1) is 6.10 Å². The average molecular weight is 181 g/mol. The van der Waals surface area contributed by atoms with Gasteiger partial charge in [0.25, 0.3) is 0 Å². The van der Waals surface area contributed by atoms with Crippen LogP contribution in [0.25, 0.3) is 0 Å². The quantitative estimate of drug-likeness (QED) is 0.749. The number of aromatic nitrogens is 2.